The van der Waals surface area contributed by atoms with Gasteiger partial charge in [0, 0.05) is 9.52 Å². The van der Waals surface area contributed by atoms with Gasteiger partial charge in [0.2, 0.25) is 0 Å². The summed E-state index contributed by atoms with van der Waals surface area (Å²) in [7, 11) is 0.0849. The van der Waals surface area contributed by atoms with E-state index in [9.17, 15) is 0 Å². The summed E-state index contributed by atoms with van der Waals surface area (Å²) in [6.45, 7) is 7.24. The lowest BCUT2D eigenvalue weighted by Crippen LogP contribution is -1.72. The van der Waals surface area contributed by atoms with Gasteiger partial charge in [-0.1, -0.05) is 13.0 Å². The maximum atomic E-state index is 3.67. The fraction of sp³-hybridized carbons (Fsp3) is 0.250. The maximum Gasteiger partial charge on any atom is 0.0446 e. The molecule has 0 saturated heterocycles. The van der Waals surface area contributed by atoms with Gasteiger partial charge >= 0.3 is 0 Å². The predicted molar refractivity (Wildman–Crippen MR) is 28.9 cm³/mol. The molecule has 0 spiro atoms. The van der Waals surface area contributed by atoms with Crippen molar-refractivity contribution in [2.24, 2.45) is 0 Å². The fourth-order valence-corrected chi connectivity index (χ4v) is 0.433. The van der Waals surface area contributed by atoms with Gasteiger partial charge in [0.15, 0.2) is 0 Å². The quantitative estimate of drug-likeness (QED) is 0.430. The van der Waals surface area contributed by atoms with Crippen LogP contribution in [0.15, 0.2) is 12.3 Å². The summed E-state index contributed by atoms with van der Waals surface area (Å²) >= 11 is 0. The molecule has 0 aromatic heterocycles. The molecule has 0 fully saturated rings. The zero-order valence-corrected chi connectivity index (χ0v) is 4.82. The first kappa shape index (κ1) is 4.96. The predicted octanol–water partition coefficient (Wildman–Crippen LogP) is 0.551. The van der Waals surface area contributed by atoms with E-state index in [-0.39, 0.29) is 9.52 Å². The summed E-state index contributed by atoms with van der Waals surface area (Å²) in [5, 5.41) is 0. The van der Waals surface area contributed by atoms with E-state index in [0.29, 0.717) is 0 Å². The zero-order chi connectivity index (χ0) is 4.12. The van der Waals surface area contributed by atoms with Crippen LogP contribution in [0.5, 0.6) is 0 Å². The molecule has 0 aliphatic carbocycles. The smallest absolute Gasteiger partial charge is 0.0446 e. The Bertz CT molecular complexity index is 24.8. The van der Waals surface area contributed by atoms with Crippen molar-refractivity contribution in [1.29, 1.82) is 0 Å². The highest BCUT2D eigenvalue weighted by molar-refractivity contribution is 6.41. The third-order valence-corrected chi connectivity index (χ3v) is 1.22. The lowest BCUT2D eigenvalue weighted by atomic mass is 11.0. The summed E-state index contributed by atoms with van der Waals surface area (Å²) in [6.07, 6.45) is 0. The Balaban J connectivity index is 2.40. The van der Waals surface area contributed by atoms with E-state index in [4.69, 9.17) is 0 Å². The van der Waals surface area contributed by atoms with Crippen LogP contribution in [0.25, 0.3) is 0 Å². The summed E-state index contributed by atoms with van der Waals surface area (Å²) in [6, 6.07) is 1.11. The first-order valence-electron chi connectivity index (χ1n) is 1.82. The summed E-state index contributed by atoms with van der Waals surface area (Å²) in [5.41, 5.74) is 2.01. The van der Waals surface area contributed by atoms with Crippen molar-refractivity contribution >= 4 is 9.52 Å². The largest absolute Gasteiger partial charge is 0.109 e. The monoisotopic (exact) mass is 85.0 g/mol. The standard InChI is InChI=1S/C4H9Si/c1-3-5-4-2/h3H,1-2,4-5H2. The van der Waals surface area contributed by atoms with Crippen molar-refractivity contribution in [1.82, 2.24) is 0 Å². The van der Waals surface area contributed by atoms with Gasteiger partial charge in [-0.05, 0) is 0 Å². The van der Waals surface area contributed by atoms with Gasteiger partial charge in [-0.2, -0.15) is 0 Å². The summed E-state index contributed by atoms with van der Waals surface area (Å²) in [4.78, 5) is 0. The fourth-order valence-electron chi connectivity index (χ4n) is 0.144. The molecule has 5 heavy (non-hydrogen) atoms. The molecule has 0 aromatic carbocycles. The molecule has 0 unspecified atom stereocenters. The molecule has 0 aliphatic rings. The van der Waals surface area contributed by atoms with Gasteiger partial charge in [0.25, 0.3) is 0 Å². The normalized spacial score (nSPS) is 9.80. The van der Waals surface area contributed by atoms with Gasteiger partial charge in [-0.3, -0.25) is 0 Å². The van der Waals surface area contributed by atoms with Crippen LogP contribution in [0.3, 0.4) is 0 Å². The highest BCUT2D eigenvalue weighted by Crippen LogP contribution is 1.67. The minimum atomic E-state index is 0.0849. The SMILES string of the molecule is [CH2]C[SiH2]C=C. The molecular weight excluding hydrogens is 76.1 g/mol. The van der Waals surface area contributed by atoms with Crippen molar-refractivity contribution in [3.8, 4) is 0 Å². The Kier molecular flexibility index (Phi) is 3.92. The molecule has 0 bridgehead atoms. The lowest BCUT2D eigenvalue weighted by molar-refractivity contribution is 1.73. The Morgan fingerprint density at radius 3 is 2.40 bits per heavy atom. The maximum absolute atomic E-state index is 3.67. The molecule has 0 N–H and O–H groups in total. The molecule has 0 saturated carbocycles. The van der Waals surface area contributed by atoms with Crippen LogP contribution in [0.1, 0.15) is 0 Å². The van der Waals surface area contributed by atoms with Crippen molar-refractivity contribution < 1.29 is 0 Å². The van der Waals surface area contributed by atoms with Crippen LogP contribution in [-0.4, -0.2) is 9.52 Å². The topological polar surface area (TPSA) is 0 Å². The van der Waals surface area contributed by atoms with E-state index in [0.717, 1.165) is 6.04 Å². The Labute approximate surface area is 35.7 Å². The molecule has 0 amide bonds. The Morgan fingerprint density at radius 2 is 2.40 bits per heavy atom. The minimum absolute atomic E-state index is 0.0849. The lowest BCUT2D eigenvalue weighted by Gasteiger charge is -1.70. The summed E-state index contributed by atoms with van der Waals surface area (Å²) < 4.78 is 0. The van der Waals surface area contributed by atoms with Gasteiger partial charge in [-0.25, -0.2) is 0 Å². The first-order chi connectivity index (χ1) is 2.41. The Morgan fingerprint density at radius 1 is 1.80 bits per heavy atom. The van der Waals surface area contributed by atoms with E-state index in [2.05, 4.69) is 13.5 Å². The second-order valence-corrected chi connectivity index (χ2v) is 2.79. The molecule has 0 aromatic rings. The number of hydrogen-bond donors (Lipinski definition) is 0. The molecular formula is C4H9Si. The van der Waals surface area contributed by atoms with Crippen LogP contribution in [0.2, 0.25) is 6.04 Å². The van der Waals surface area contributed by atoms with Gasteiger partial charge < -0.3 is 0 Å². The number of hydrogen-bond acceptors (Lipinski definition) is 0. The van der Waals surface area contributed by atoms with Crippen molar-refractivity contribution in [3.05, 3.63) is 19.2 Å². The van der Waals surface area contributed by atoms with Crippen LogP contribution in [0.4, 0.5) is 0 Å². The van der Waals surface area contributed by atoms with Crippen molar-refractivity contribution in [3.63, 3.8) is 0 Å². The highest BCUT2D eigenvalue weighted by atomic mass is 28.2. The van der Waals surface area contributed by atoms with Crippen LogP contribution >= 0.6 is 0 Å². The minimum Gasteiger partial charge on any atom is -0.109 e. The third kappa shape index (κ3) is 3.96. The zero-order valence-electron chi connectivity index (χ0n) is 3.41. The van der Waals surface area contributed by atoms with Crippen LogP contribution in [-0.2, 0) is 0 Å². The van der Waals surface area contributed by atoms with E-state index in [1.807, 2.05) is 5.70 Å². The first-order valence-corrected chi connectivity index (χ1v) is 3.63. The molecule has 1 radical (unpaired) electrons. The van der Waals surface area contributed by atoms with Gasteiger partial charge in [0.05, 0.1) is 0 Å². The summed E-state index contributed by atoms with van der Waals surface area (Å²) in [5.74, 6) is 0. The molecule has 0 rings (SSSR count). The molecule has 0 nitrogen and oxygen atoms in total. The van der Waals surface area contributed by atoms with E-state index in [1.54, 1.807) is 0 Å². The van der Waals surface area contributed by atoms with Crippen LogP contribution in [0, 0.1) is 6.92 Å². The van der Waals surface area contributed by atoms with Crippen molar-refractivity contribution in [2.75, 3.05) is 0 Å². The second kappa shape index (κ2) is 3.96. The molecule has 0 heterocycles. The molecule has 29 valence electrons. The van der Waals surface area contributed by atoms with Crippen molar-refractivity contribution in [2.45, 2.75) is 6.04 Å². The van der Waals surface area contributed by atoms with Gasteiger partial charge in [-0.15, -0.1) is 12.3 Å². The average Bonchev–Trinajstić information content (AvgIpc) is 1.41. The highest BCUT2D eigenvalue weighted by Gasteiger charge is 1.64. The molecule has 1 heteroatoms. The number of rotatable bonds is 2. The average molecular weight is 85.2 g/mol. The van der Waals surface area contributed by atoms with E-state index in [1.165, 1.54) is 0 Å². The molecule has 0 aliphatic heterocycles. The third-order valence-electron chi connectivity index (χ3n) is 0.408. The second-order valence-electron chi connectivity index (χ2n) is 0.931. The van der Waals surface area contributed by atoms with E-state index < -0.39 is 0 Å². The van der Waals surface area contributed by atoms with Gasteiger partial charge in [0.1, 0.15) is 0 Å². The Hall–Kier alpha value is -0.0431. The van der Waals surface area contributed by atoms with E-state index >= 15 is 0 Å². The van der Waals surface area contributed by atoms with Crippen LogP contribution < -0.4 is 0 Å². The molecule has 0 atom stereocenters.